The van der Waals surface area contributed by atoms with E-state index in [4.69, 9.17) is 0 Å². The molecule has 4 heteroatoms. The van der Waals surface area contributed by atoms with Gasteiger partial charge in [-0.15, -0.1) is 0 Å². The van der Waals surface area contributed by atoms with Gasteiger partial charge in [0.25, 0.3) is 0 Å². The maximum atomic E-state index is 11.1. The number of nitrogens with zero attached hydrogens (tertiary/aromatic N) is 2. The van der Waals surface area contributed by atoms with E-state index in [2.05, 4.69) is 86.0 Å². The zero-order valence-electron chi connectivity index (χ0n) is 23.2. The molecule has 2 aromatic carbocycles. The van der Waals surface area contributed by atoms with E-state index in [0.717, 1.165) is 37.3 Å². The molecule has 0 aromatic heterocycles. The number of aliphatic hydroxyl groups is 2. The lowest BCUT2D eigenvalue weighted by molar-refractivity contribution is -0.0785. The molecule has 1 aliphatic rings. The van der Waals surface area contributed by atoms with Crippen molar-refractivity contribution in [1.82, 2.24) is 0 Å². The minimum atomic E-state index is -0.565. The van der Waals surface area contributed by atoms with Gasteiger partial charge in [0.15, 0.2) is 0 Å². The van der Waals surface area contributed by atoms with E-state index in [-0.39, 0.29) is 11.8 Å². The number of rotatable bonds is 16. The second-order valence-corrected chi connectivity index (χ2v) is 10.6. The largest absolute Gasteiger partial charge is 0.392 e. The third kappa shape index (κ3) is 7.04. The van der Waals surface area contributed by atoms with Crippen LogP contribution in [0.25, 0.3) is 0 Å². The monoisotopic (exact) mass is 494 g/mol. The molecule has 0 spiro atoms. The summed E-state index contributed by atoms with van der Waals surface area (Å²) in [6.45, 7) is 13.3. The first kappa shape index (κ1) is 28.5. The van der Waals surface area contributed by atoms with Gasteiger partial charge in [-0.2, -0.15) is 0 Å². The number of aliphatic hydroxyl groups excluding tert-OH is 2. The highest BCUT2D eigenvalue weighted by atomic mass is 16.3. The summed E-state index contributed by atoms with van der Waals surface area (Å²) in [5.41, 5.74) is 4.55. The van der Waals surface area contributed by atoms with Gasteiger partial charge in [-0.05, 0) is 61.1 Å². The number of benzene rings is 2. The number of hydrogen-bond donors (Lipinski definition) is 2. The smallest absolute Gasteiger partial charge is 0.0727 e. The van der Waals surface area contributed by atoms with Crippen LogP contribution in [0, 0.1) is 0 Å². The van der Waals surface area contributed by atoms with Crippen LogP contribution in [0.2, 0.25) is 0 Å². The topological polar surface area (TPSA) is 46.9 Å². The molecule has 200 valence electrons. The molecule has 1 saturated carbocycles. The quantitative estimate of drug-likeness (QED) is 0.261. The first-order valence-electron chi connectivity index (χ1n) is 14.6. The molecule has 0 aliphatic heterocycles. The van der Waals surface area contributed by atoms with Crippen LogP contribution in [0.3, 0.4) is 0 Å². The van der Waals surface area contributed by atoms with Gasteiger partial charge in [0.2, 0.25) is 0 Å². The van der Waals surface area contributed by atoms with E-state index in [1.165, 1.54) is 62.7 Å². The van der Waals surface area contributed by atoms with E-state index >= 15 is 0 Å². The van der Waals surface area contributed by atoms with Crippen molar-refractivity contribution in [3.8, 4) is 0 Å². The molecule has 3 rings (SSSR count). The molecule has 0 atom stereocenters. The van der Waals surface area contributed by atoms with Gasteiger partial charge < -0.3 is 20.0 Å². The molecular weight excluding hydrogens is 444 g/mol. The van der Waals surface area contributed by atoms with Gasteiger partial charge in [0, 0.05) is 49.4 Å². The fraction of sp³-hybridized carbons (Fsp3) is 0.625. The van der Waals surface area contributed by atoms with Crippen LogP contribution in [-0.2, 0) is 0 Å². The molecule has 4 nitrogen and oxygen atoms in total. The average Bonchev–Trinajstić information content (AvgIpc) is 2.90. The van der Waals surface area contributed by atoms with Crippen molar-refractivity contribution < 1.29 is 10.2 Å². The van der Waals surface area contributed by atoms with Crippen molar-refractivity contribution in [3.63, 3.8) is 0 Å². The van der Waals surface area contributed by atoms with Crippen molar-refractivity contribution in [2.24, 2.45) is 0 Å². The van der Waals surface area contributed by atoms with Crippen LogP contribution < -0.4 is 9.80 Å². The standard InChI is InChI=1S/C32H50N2O2/c1-5-9-21-33(22-10-6-2)27-17-13-25(14-18-27)29-31(35)30(32(29)36)26-15-19-28(20-16-26)34(23-11-7-3)24-12-8-4/h13-20,29-32,35-36H,5-12,21-24H2,1-4H3. The molecule has 0 amide bonds. The molecule has 1 aliphatic carbocycles. The molecule has 2 N–H and O–H groups in total. The van der Waals surface area contributed by atoms with Gasteiger partial charge in [0.05, 0.1) is 12.2 Å². The Bertz CT molecular complexity index is 769. The lowest BCUT2D eigenvalue weighted by Crippen LogP contribution is -2.51. The first-order valence-corrected chi connectivity index (χ1v) is 14.6. The summed E-state index contributed by atoms with van der Waals surface area (Å²) in [6, 6.07) is 17.1. The van der Waals surface area contributed by atoms with Gasteiger partial charge in [-0.1, -0.05) is 77.6 Å². The van der Waals surface area contributed by atoms with Crippen LogP contribution in [0.5, 0.6) is 0 Å². The summed E-state index contributed by atoms with van der Waals surface area (Å²) in [5.74, 6) is -0.455. The fourth-order valence-corrected chi connectivity index (χ4v) is 5.44. The maximum Gasteiger partial charge on any atom is 0.0727 e. The van der Waals surface area contributed by atoms with Crippen LogP contribution in [0.15, 0.2) is 48.5 Å². The highest BCUT2D eigenvalue weighted by Gasteiger charge is 2.50. The van der Waals surface area contributed by atoms with E-state index in [1.54, 1.807) is 0 Å². The number of unbranched alkanes of at least 4 members (excludes halogenated alkanes) is 4. The Labute approximate surface area is 220 Å². The normalized spacial score (nSPS) is 21.3. The van der Waals surface area contributed by atoms with E-state index < -0.39 is 12.2 Å². The maximum absolute atomic E-state index is 11.1. The summed E-state index contributed by atoms with van der Waals surface area (Å²) in [6.07, 6.45) is 8.42. The third-order valence-electron chi connectivity index (χ3n) is 7.88. The molecule has 0 unspecified atom stereocenters. The molecule has 0 saturated heterocycles. The average molecular weight is 495 g/mol. The minimum absolute atomic E-state index is 0.228. The summed E-state index contributed by atoms with van der Waals surface area (Å²) in [5, 5.41) is 22.2. The zero-order chi connectivity index (χ0) is 25.9. The lowest BCUT2D eigenvalue weighted by Gasteiger charge is -2.47. The zero-order valence-corrected chi connectivity index (χ0v) is 23.2. The van der Waals surface area contributed by atoms with E-state index in [0.29, 0.717) is 0 Å². The highest BCUT2D eigenvalue weighted by Crippen LogP contribution is 2.48. The SMILES string of the molecule is CCCCN(CCCC)c1ccc(C2C(O)C(c3ccc(N(CCCC)CCCC)cc3)C2O)cc1. The Hall–Kier alpha value is -2.04. The lowest BCUT2D eigenvalue weighted by atomic mass is 9.63. The van der Waals surface area contributed by atoms with Crippen LogP contribution in [0.4, 0.5) is 11.4 Å². The van der Waals surface area contributed by atoms with Crippen LogP contribution in [0.1, 0.15) is 102 Å². The summed E-state index contributed by atoms with van der Waals surface area (Å²) in [4.78, 5) is 4.94. The van der Waals surface area contributed by atoms with E-state index in [9.17, 15) is 10.2 Å². The highest BCUT2D eigenvalue weighted by molar-refractivity contribution is 5.51. The van der Waals surface area contributed by atoms with Crippen LogP contribution in [-0.4, -0.2) is 48.6 Å². The molecule has 1 fully saturated rings. The molecule has 36 heavy (non-hydrogen) atoms. The summed E-state index contributed by atoms with van der Waals surface area (Å²) < 4.78 is 0. The van der Waals surface area contributed by atoms with Crippen molar-refractivity contribution in [2.75, 3.05) is 36.0 Å². The molecule has 0 radical (unpaired) electrons. The molecule has 2 aromatic rings. The predicted molar refractivity (Wildman–Crippen MR) is 154 cm³/mol. The number of anilines is 2. The molecule has 0 bridgehead atoms. The van der Waals surface area contributed by atoms with Gasteiger partial charge >= 0.3 is 0 Å². The first-order chi connectivity index (χ1) is 17.5. The third-order valence-corrected chi connectivity index (χ3v) is 7.88. The van der Waals surface area contributed by atoms with Gasteiger partial charge in [0.1, 0.15) is 0 Å². The fourth-order valence-electron chi connectivity index (χ4n) is 5.44. The predicted octanol–water partition coefficient (Wildman–Crippen LogP) is 7.10. The summed E-state index contributed by atoms with van der Waals surface area (Å²) in [7, 11) is 0. The molecule has 0 heterocycles. The van der Waals surface area contributed by atoms with Gasteiger partial charge in [-0.25, -0.2) is 0 Å². The van der Waals surface area contributed by atoms with Crippen molar-refractivity contribution in [1.29, 1.82) is 0 Å². The van der Waals surface area contributed by atoms with Crippen LogP contribution >= 0.6 is 0 Å². The second-order valence-electron chi connectivity index (χ2n) is 10.6. The van der Waals surface area contributed by atoms with Crippen molar-refractivity contribution in [2.45, 2.75) is 103 Å². The Morgan fingerprint density at radius 2 is 0.778 bits per heavy atom. The van der Waals surface area contributed by atoms with E-state index in [1.807, 2.05) is 0 Å². The number of hydrogen-bond acceptors (Lipinski definition) is 4. The summed E-state index contributed by atoms with van der Waals surface area (Å²) >= 11 is 0. The Morgan fingerprint density at radius 1 is 0.500 bits per heavy atom. The van der Waals surface area contributed by atoms with Gasteiger partial charge in [-0.3, -0.25) is 0 Å². The Balaban J connectivity index is 1.66. The minimum Gasteiger partial charge on any atom is -0.392 e. The molecular formula is C32H50N2O2. The Kier molecular flexibility index (Phi) is 11.6. The second kappa shape index (κ2) is 14.6. The Morgan fingerprint density at radius 3 is 1.03 bits per heavy atom. The van der Waals surface area contributed by atoms with Crippen molar-refractivity contribution in [3.05, 3.63) is 59.7 Å². The van der Waals surface area contributed by atoms with Crippen molar-refractivity contribution >= 4 is 11.4 Å².